The van der Waals surface area contributed by atoms with Crippen LogP contribution in [0.2, 0.25) is 0 Å². The van der Waals surface area contributed by atoms with Crippen LogP contribution in [0.15, 0.2) is 29.0 Å². The van der Waals surface area contributed by atoms with E-state index in [0.717, 1.165) is 5.56 Å². The molecule has 2 rings (SSSR count). The minimum Gasteiger partial charge on any atom is -0.339 e. The molecule has 0 unspecified atom stereocenters. The van der Waals surface area contributed by atoms with Crippen molar-refractivity contribution in [2.45, 2.75) is 19.8 Å². The number of hydrogen-bond donors (Lipinski definition) is 0. The Kier molecular flexibility index (Phi) is 2.26. The molecule has 0 N–H and O–H groups in total. The summed E-state index contributed by atoms with van der Waals surface area (Å²) < 4.78 is 5.10. The third-order valence-corrected chi connectivity index (χ3v) is 1.87. The second-order valence-corrected chi connectivity index (χ2v) is 3.35. The SMILES string of the molecule is CC(C)c1nc(-c2ccncc2)no1. The van der Waals surface area contributed by atoms with Crippen LogP contribution in [0.1, 0.15) is 25.7 Å². The Bertz CT molecular complexity index is 408. The molecule has 0 saturated carbocycles. The topological polar surface area (TPSA) is 51.8 Å². The van der Waals surface area contributed by atoms with Crippen molar-refractivity contribution in [2.75, 3.05) is 0 Å². The van der Waals surface area contributed by atoms with Gasteiger partial charge in [0.2, 0.25) is 11.7 Å². The molecule has 0 aromatic carbocycles. The molecule has 0 aliphatic rings. The van der Waals surface area contributed by atoms with E-state index in [1.54, 1.807) is 12.4 Å². The summed E-state index contributed by atoms with van der Waals surface area (Å²) in [5.41, 5.74) is 0.927. The smallest absolute Gasteiger partial charge is 0.229 e. The van der Waals surface area contributed by atoms with E-state index < -0.39 is 0 Å². The Labute approximate surface area is 82.0 Å². The Morgan fingerprint density at radius 2 is 1.93 bits per heavy atom. The van der Waals surface area contributed by atoms with Crippen molar-refractivity contribution < 1.29 is 4.52 Å². The van der Waals surface area contributed by atoms with Gasteiger partial charge in [0.25, 0.3) is 0 Å². The van der Waals surface area contributed by atoms with Gasteiger partial charge in [0.1, 0.15) is 0 Å². The van der Waals surface area contributed by atoms with Gasteiger partial charge in [0.05, 0.1) is 0 Å². The van der Waals surface area contributed by atoms with E-state index in [1.807, 2.05) is 26.0 Å². The lowest BCUT2D eigenvalue weighted by atomic mass is 10.2. The second kappa shape index (κ2) is 3.57. The monoisotopic (exact) mass is 189 g/mol. The fraction of sp³-hybridized carbons (Fsp3) is 0.300. The maximum atomic E-state index is 5.10. The average Bonchev–Trinajstić information content (AvgIpc) is 2.68. The minimum atomic E-state index is 0.262. The first-order chi connectivity index (χ1) is 6.77. The van der Waals surface area contributed by atoms with Crippen molar-refractivity contribution in [3.8, 4) is 11.4 Å². The summed E-state index contributed by atoms with van der Waals surface area (Å²) in [6.07, 6.45) is 3.42. The number of nitrogens with zero attached hydrogens (tertiary/aromatic N) is 3. The molecule has 0 atom stereocenters. The van der Waals surface area contributed by atoms with E-state index in [2.05, 4.69) is 15.1 Å². The summed E-state index contributed by atoms with van der Waals surface area (Å²) in [5.74, 6) is 1.55. The van der Waals surface area contributed by atoms with Gasteiger partial charge in [0, 0.05) is 23.9 Å². The zero-order valence-electron chi connectivity index (χ0n) is 8.14. The molecule has 0 spiro atoms. The maximum Gasteiger partial charge on any atom is 0.229 e. The molecule has 0 fully saturated rings. The molecule has 0 bridgehead atoms. The van der Waals surface area contributed by atoms with Crippen molar-refractivity contribution in [2.24, 2.45) is 0 Å². The van der Waals surface area contributed by atoms with Gasteiger partial charge < -0.3 is 4.52 Å². The second-order valence-electron chi connectivity index (χ2n) is 3.35. The lowest BCUT2D eigenvalue weighted by molar-refractivity contribution is 0.365. The minimum absolute atomic E-state index is 0.262. The van der Waals surface area contributed by atoms with Crippen molar-refractivity contribution in [1.82, 2.24) is 15.1 Å². The van der Waals surface area contributed by atoms with Crippen LogP contribution in [0.4, 0.5) is 0 Å². The van der Waals surface area contributed by atoms with Crippen LogP contribution in [0.5, 0.6) is 0 Å². The lowest BCUT2D eigenvalue weighted by Crippen LogP contribution is -1.86. The summed E-state index contributed by atoms with van der Waals surface area (Å²) in [7, 11) is 0. The Morgan fingerprint density at radius 3 is 2.50 bits per heavy atom. The number of aromatic nitrogens is 3. The van der Waals surface area contributed by atoms with E-state index in [4.69, 9.17) is 4.52 Å². The average molecular weight is 189 g/mol. The van der Waals surface area contributed by atoms with Crippen LogP contribution in [-0.2, 0) is 0 Å². The molecule has 0 saturated heterocycles. The molecule has 14 heavy (non-hydrogen) atoms. The quantitative estimate of drug-likeness (QED) is 0.727. The summed E-state index contributed by atoms with van der Waals surface area (Å²) in [6, 6.07) is 3.71. The first kappa shape index (κ1) is 8.87. The molecule has 2 aromatic rings. The highest BCUT2D eigenvalue weighted by Gasteiger charge is 2.10. The summed E-state index contributed by atoms with van der Waals surface area (Å²) in [4.78, 5) is 8.20. The molecule has 72 valence electrons. The molecule has 0 aliphatic heterocycles. The maximum absolute atomic E-state index is 5.10. The highest BCUT2D eigenvalue weighted by molar-refractivity contribution is 5.52. The van der Waals surface area contributed by atoms with Gasteiger partial charge in [-0.05, 0) is 12.1 Å². The first-order valence-electron chi connectivity index (χ1n) is 4.51. The highest BCUT2D eigenvalue weighted by atomic mass is 16.5. The lowest BCUT2D eigenvalue weighted by Gasteiger charge is -1.92. The fourth-order valence-corrected chi connectivity index (χ4v) is 1.09. The van der Waals surface area contributed by atoms with Crippen LogP contribution in [0, 0.1) is 0 Å². The van der Waals surface area contributed by atoms with Crippen molar-refractivity contribution in [3.63, 3.8) is 0 Å². The summed E-state index contributed by atoms with van der Waals surface area (Å²) in [5, 5.41) is 3.89. The molecule has 0 aliphatic carbocycles. The van der Waals surface area contributed by atoms with Crippen LogP contribution < -0.4 is 0 Å². The predicted octanol–water partition coefficient (Wildman–Crippen LogP) is 2.25. The van der Waals surface area contributed by atoms with Crippen LogP contribution >= 0.6 is 0 Å². The van der Waals surface area contributed by atoms with Gasteiger partial charge in [-0.2, -0.15) is 4.98 Å². The van der Waals surface area contributed by atoms with E-state index in [-0.39, 0.29) is 5.92 Å². The van der Waals surface area contributed by atoms with Gasteiger partial charge in [-0.25, -0.2) is 0 Å². The standard InChI is InChI=1S/C10H11N3O/c1-7(2)10-12-9(13-14-10)8-3-5-11-6-4-8/h3-7H,1-2H3. The molecule has 0 amide bonds. The molecule has 4 nitrogen and oxygen atoms in total. The third-order valence-electron chi connectivity index (χ3n) is 1.87. The normalized spacial score (nSPS) is 10.8. The van der Waals surface area contributed by atoms with Crippen LogP contribution in [0.3, 0.4) is 0 Å². The predicted molar refractivity (Wildman–Crippen MR) is 51.6 cm³/mol. The van der Waals surface area contributed by atoms with E-state index >= 15 is 0 Å². The Balaban J connectivity index is 2.34. The van der Waals surface area contributed by atoms with Gasteiger partial charge in [-0.1, -0.05) is 19.0 Å². The van der Waals surface area contributed by atoms with E-state index in [1.165, 1.54) is 0 Å². The van der Waals surface area contributed by atoms with Gasteiger partial charge in [-0.3, -0.25) is 4.98 Å². The molecule has 2 heterocycles. The van der Waals surface area contributed by atoms with E-state index in [9.17, 15) is 0 Å². The summed E-state index contributed by atoms with van der Waals surface area (Å²) in [6.45, 7) is 4.04. The van der Waals surface area contributed by atoms with Crippen molar-refractivity contribution >= 4 is 0 Å². The van der Waals surface area contributed by atoms with Gasteiger partial charge in [-0.15, -0.1) is 0 Å². The molecular formula is C10H11N3O. The summed E-state index contributed by atoms with van der Waals surface area (Å²) >= 11 is 0. The Hall–Kier alpha value is -1.71. The zero-order chi connectivity index (χ0) is 9.97. The van der Waals surface area contributed by atoms with Gasteiger partial charge >= 0.3 is 0 Å². The molecule has 2 aromatic heterocycles. The highest BCUT2D eigenvalue weighted by Crippen LogP contribution is 2.17. The molecule has 0 radical (unpaired) electrons. The number of pyridine rings is 1. The fourth-order valence-electron chi connectivity index (χ4n) is 1.09. The van der Waals surface area contributed by atoms with Gasteiger partial charge in [0.15, 0.2) is 0 Å². The first-order valence-corrected chi connectivity index (χ1v) is 4.51. The number of hydrogen-bond acceptors (Lipinski definition) is 4. The third kappa shape index (κ3) is 1.64. The largest absolute Gasteiger partial charge is 0.339 e. The van der Waals surface area contributed by atoms with Crippen LogP contribution in [0.25, 0.3) is 11.4 Å². The zero-order valence-corrected chi connectivity index (χ0v) is 8.14. The molecule has 4 heteroatoms. The van der Waals surface area contributed by atoms with Crippen molar-refractivity contribution in [3.05, 3.63) is 30.4 Å². The van der Waals surface area contributed by atoms with Crippen LogP contribution in [-0.4, -0.2) is 15.1 Å². The Morgan fingerprint density at radius 1 is 1.21 bits per heavy atom. The molecular weight excluding hydrogens is 178 g/mol. The van der Waals surface area contributed by atoms with E-state index in [0.29, 0.717) is 11.7 Å². The number of rotatable bonds is 2. The van der Waals surface area contributed by atoms with Crippen molar-refractivity contribution in [1.29, 1.82) is 0 Å².